The molecule has 1 atom stereocenters. The number of carbonyl (C=O) groups is 2. The molecule has 2 aliphatic rings. The molecule has 0 unspecified atom stereocenters. The Balaban J connectivity index is 1.48. The van der Waals surface area contributed by atoms with E-state index in [-0.39, 0.29) is 18.4 Å². The largest absolute Gasteiger partial charge is 0.478 e. The lowest BCUT2D eigenvalue weighted by Crippen LogP contribution is -2.49. The van der Waals surface area contributed by atoms with Gasteiger partial charge in [-0.25, -0.2) is 0 Å². The Bertz CT molecular complexity index is 641. The fourth-order valence-corrected chi connectivity index (χ4v) is 3.79. The van der Waals surface area contributed by atoms with Gasteiger partial charge in [0.1, 0.15) is 12.3 Å². The molecule has 6 nitrogen and oxygen atoms in total. The third-order valence-corrected chi connectivity index (χ3v) is 5.31. The van der Waals surface area contributed by atoms with Gasteiger partial charge in [0, 0.05) is 6.54 Å². The minimum absolute atomic E-state index is 0.0411. The highest BCUT2D eigenvalue weighted by atomic mass is 16.5. The van der Waals surface area contributed by atoms with Gasteiger partial charge in [-0.1, -0.05) is 31.9 Å². The summed E-state index contributed by atoms with van der Waals surface area (Å²) in [6, 6.07) is 7.40. The van der Waals surface area contributed by atoms with E-state index in [4.69, 9.17) is 4.74 Å². The van der Waals surface area contributed by atoms with Crippen LogP contribution in [0.3, 0.4) is 0 Å². The molecular formula is C21H31N3O3. The number of anilines is 1. The van der Waals surface area contributed by atoms with Crippen molar-refractivity contribution in [2.75, 3.05) is 37.6 Å². The molecule has 0 radical (unpaired) electrons. The molecule has 0 spiro atoms. The van der Waals surface area contributed by atoms with Gasteiger partial charge in [0.05, 0.1) is 5.69 Å². The van der Waals surface area contributed by atoms with Crippen LogP contribution < -0.4 is 15.0 Å². The third-order valence-electron chi connectivity index (χ3n) is 5.31. The molecule has 148 valence electrons. The van der Waals surface area contributed by atoms with E-state index in [1.165, 1.54) is 38.8 Å². The molecule has 2 amide bonds. The summed E-state index contributed by atoms with van der Waals surface area (Å²) in [5, 5.41) is 2.97. The van der Waals surface area contributed by atoms with Crippen LogP contribution in [-0.4, -0.2) is 55.5 Å². The predicted octanol–water partition coefficient (Wildman–Crippen LogP) is 2.57. The van der Waals surface area contributed by atoms with E-state index in [9.17, 15) is 9.59 Å². The fourth-order valence-electron chi connectivity index (χ4n) is 3.79. The monoisotopic (exact) mass is 373 g/mol. The maximum Gasteiger partial charge on any atom is 0.268 e. The minimum Gasteiger partial charge on any atom is -0.478 e. The topological polar surface area (TPSA) is 61.9 Å². The number of nitrogens with zero attached hydrogens (tertiary/aromatic N) is 2. The van der Waals surface area contributed by atoms with Crippen molar-refractivity contribution in [3.8, 4) is 5.75 Å². The molecule has 0 aromatic heterocycles. The van der Waals surface area contributed by atoms with Crippen LogP contribution in [0.4, 0.5) is 5.69 Å². The first-order valence-electron chi connectivity index (χ1n) is 10.2. The summed E-state index contributed by atoms with van der Waals surface area (Å²) in [6.07, 6.45) is 6.24. The van der Waals surface area contributed by atoms with Gasteiger partial charge < -0.3 is 15.0 Å². The number of rotatable bonds is 7. The summed E-state index contributed by atoms with van der Waals surface area (Å²) < 4.78 is 5.75. The predicted molar refractivity (Wildman–Crippen MR) is 106 cm³/mol. The molecule has 0 saturated carbocycles. The lowest BCUT2D eigenvalue weighted by atomic mass is 10.1. The number of fused-ring (bicyclic) bond motifs is 1. The Morgan fingerprint density at radius 2 is 1.93 bits per heavy atom. The molecule has 1 N–H and O–H groups in total. The van der Waals surface area contributed by atoms with E-state index < -0.39 is 6.10 Å². The molecule has 0 bridgehead atoms. The van der Waals surface area contributed by atoms with Crippen LogP contribution in [0.15, 0.2) is 24.3 Å². The van der Waals surface area contributed by atoms with Gasteiger partial charge in [0.25, 0.3) is 5.91 Å². The smallest absolute Gasteiger partial charge is 0.268 e. The fraction of sp³-hybridized carbons (Fsp3) is 0.619. The number of ether oxygens (including phenoxy) is 1. The first kappa shape index (κ1) is 19.7. The SMILES string of the molecule is CC[C@H]1Oc2ccccc2N(CC(=O)NCCCN2CCCCCC2)C1=O. The van der Waals surface area contributed by atoms with E-state index in [1.807, 2.05) is 31.2 Å². The zero-order valence-electron chi connectivity index (χ0n) is 16.3. The lowest BCUT2D eigenvalue weighted by Gasteiger charge is -2.33. The Morgan fingerprint density at radius 1 is 1.19 bits per heavy atom. The molecule has 0 aliphatic carbocycles. The second kappa shape index (κ2) is 9.74. The van der Waals surface area contributed by atoms with Crippen LogP contribution in [0.1, 0.15) is 45.4 Å². The molecule has 1 aromatic rings. The zero-order valence-corrected chi connectivity index (χ0v) is 16.3. The van der Waals surface area contributed by atoms with Crippen molar-refractivity contribution in [2.45, 2.75) is 51.6 Å². The maximum atomic E-state index is 12.6. The highest BCUT2D eigenvalue weighted by molar-refractivity contribution is 6.03. The number of likely N-dealkylation sites (tertiary alicyclic amines) is 1. The van der Waals surface area contributed by atoms with Crippen molar-refractivity contribution in [1.82, 2.24) is 10.2 Å². The highest BCUT2D eigenvalue weighted by Crippen LogP contribution is 2.34. The highest BCUT2D eigenvalue weighted by Gasteiger charge is 2.34. The average Bonchev–Trinajstić information content (AvgIpc) is 2.96. The zero-order chi connectivity index (χ0) is 19.1. The summed E-state index contributed by atoms with van der Waals surface area (Å²) >= 11 is 0. The number of para-hydroxylation sites is 2. The molecule has 3 rings (SSSR count). The van der Waals surface area contributed by atoms with Gasteiger partial charge >= 0.3 is 0 Å². The second-order valence-corrected chi connectivity index (χ2v) is 7.37. The van der Waals surface area contributed by atoms with Gasteiger partial charge in [-0.3, -0.25) is 14.5 Å². The number of benzene rings is 1. The molecule has 2 aliphatic heterocycles. The van der Waals surface area contributed by atoms with Crippen molar-refractivity contribution in [1.29, 1.82) is 0 Å². The molecule has 1 fully saturated rings. The minimum atomic E-state index is -0.518. The van der Waals surface area contributed by atoms with Crippen LogP contribution in [0.2, 0.25) is 0 Å². The molecule has 1 saturated heterocycles. The lowest BCUT2D eigenvalue weighted by molar-refractivity contribution is -0.129. The summed E-state index contributed by atoms with van der Waals surface area (Å²) in [7, 11) is 0. The molecular weight excluding hydrogens is 342 g/mol. The van der Waals surface area contributed by atoms with Gasteiger partial charge in [0.2, 0.25) is 5.91 Å². The van der Waals surface area contributed by atoms with E-state index in [0.717, 1.165) is 13.0 Å². The number of hydrogen-bond donors (Lipinski definition) is 1. The average molecular weight is 373 g/mol. The standard InChI is InChI=1S/C21H31N3O3/c1-2-18-21(26)24(17-10-5-6-11-19(17)27-18)16-20(25)22-12-9-15-23-13-7-3-4-8-14-23/h5-6,10-11,18H,2-4,7-9,12-16H2,1H3,(H,22,25)/t18-/m1/s1. The van der Waals surface area contributed by atoms with Crippen molar-refractivity contribution < 1.29 is 14.3 Å². The quantitative estimate of drug-likeness (QED) is 0.746. The van der Waals surface area contributed by atoms with Crippen LogP contribution in [0.25, 0.3) is 0 Å². The first-order chi connectivity index (χ1) is 13.2. The first-order valence-corrected chi connectivity index (χ1v) is 10.2. The number of nitrogens with one attached hydrogen (secondary N) is 1. The van der Waals surface area contributed by atoms with Gasteiger partial charge in [-0.15, -0.1) is 0 Å². The van der Waals surface area contributed by atoms with Crippen LogP contribution in [0, 0.1) is 0 Å². The Kier molecular flexibility index (Phi) is 7.10. The normalized spacial score (nSPS) is 20.6. The summed E-state index contributed by atoms with van der Waals surface area (Å²) in [6.45, 7) is 5.97. The summed E-state index contributed by atoms with van der Waals surface area (Å²) in [5.41, 5.74) is 0.673. The second-order valence-electron chi connectivity index (χ2n) is 7.37. The van der Waals surface area contributed by atoms with Gasteiger partial charge in [-0.05, 0) is 57.5 Å². The van der Waals surface area contributed by atoms with E-state index in [0.29, 0.717) is 24.4 Å². The van der Waals surface area contributed by atoms with Crippen LogP contribution in [0.5, 0.6) is 5.75 Å². The Hall–Kier alpha value is -2.08. The van der Waals surface area contributed by atoms with Crippen molar-refractivity contribution in [3.05, 3.63) is 24.3 Å². The maximum absolute atomic E-state index is 12.6. The summed E-state index contributed by atoms with van der Waals surface area (Å²) in [5.74, 6) is 0.402. The van der Waals surface area contributed by atoms with Crippen LogP contribution >= 0.6 is 0 Å². The Labute approximate surface area is 161 Å². The van der Waals surface area contributed by atoms with Crippen molar-refractivity contribution in [3.63, 3.8) is 0 Å². The number of hydrogen-bond acceptors (Lipinski definition) is 4. The molecule has 1 aromatic carbocycles. The van der Waals surface area contributed by atoms with E-state index in [2.05, 4.69) is 10.2 Å². The summed E-state index contributed by atoms with van der Waals surface area (Å²) in [4.78, 5) is 29.1. The molecule has 6 heteroatoms. The van der Waals surface area contributed by atoms with Gasteiger partial charge in [0.15, 0.2) is 6.10 Å². The number of amides is 2. The number of carbonyl (C=O) groups excluding carboxylic acids is 2. The van der Waals surface area contributed by atoms with E-state index >= 15 is 0 Å². The molecule has 27 heavy (non-hydrogen) atoms. The third kappa shape index (κ3) is 5.22. The van der Waals surface area contributed by atoms with Gasteiger partial charge in [-0.2, -0.15) is 0 Å². The van der Waals surface area contributed by atoms with E-state index in [1.54, 1.807) is 4.90 Å². The van der Waals surface area contributed by atoms with Crippen molar-refractivity contribution >= 4 is 17.5 Å². The van der Waals surface area contributed by atoms with Crippen molar-refractivity contribution in [2.24, 2.45) is 0 Å². The Morgan fingerprint density at radius 3 is 2.67 bits per heavy atom. The van der Waals surface area contributed by atoms with Crippen LogP contribution in [-0.2, 0) is 9.59 Å². The molecule has 2 heterocycles.